The third-order valence-corrected chi connectivity index (χ3v) is 10.7. The molecule has 0 radical (unpaired) electrons. The van der Waals surface area contributed by atoms with E-state index in [-0.39, 0.29) is 23.5 Å². The Morgan fingerprint density at radius 2 is 2.07 bits per heavy atom. The minimum absolute atomic E-state index is 0.0380. The number of phenols is 1. The fourth-order valence-electron chi connectivity index (χ4n) is 8.91. The standard InChI is InChI=1S/C36H46N2O4/c1-5-41-31-19-30(39)26-18-29-27-12-13-28(38(20-22(2)3)32(40)14-11-24-8-6-7-23(4)17-24)35-36(27,33(26)34(31)42-35)15-16-37(29)21-25-9-10-25/h6-8,11,14,17,19,22,25,27-29,35,39H,5,9-10,12-13,15-16,18,20-21H2,1-4H3/t27-,28-,29+,35-,36-/m0/s1. The lowest BCUT2D eigenvalue weighted by atomic mass is 9.50. The van der Waals surface area contributed by atoms with Gasteiger partial charge in [0.05, 0.1) is 12.6 Å². The van der Waals surface area contributed by atoms with Gasteiger partial charge in [-0.1, -0.05) is 43.7 Å². The van der Waals surface area contributed by atoms with Crippen molar-refractivity contribution in [2.75, 3.05) is 26.2 Å². The number of carbonyl (C=O) groups excluding carboxylic acids is 1. The first-order valence-electron chi connectivity index (χ1n) is 16.3. The van der Waals surface area contributed by atoms with Crippen LogP contribution in [0.25, 0.3) is 6.08 Å². The Bertz CT molecular complexity index is 1400. The lowest BCUT2D eigenvalue weighted by Crippen LogP contribution is -2.69. The van der Waals surface area contributed by atoms with Gasteiger partial charge in [-0.25, -0.2) is 0 Å². The van der Waals surface area contributed by atoms with Crippen LogP contribution >= 0.6 is 0 Å². The van der Waals surface area contributed by atoms with Gasteiger partial charge in [-0.3, -0.25) is 9.69 Å². The Morgan fingerprint density at radius 1 is 1.24 bits per heavy atom. The molecular formula is C36H46N2O4. The average molecular weight is 571 g/mol. The first-order valence-corrected chi connectivity index (χ1v) is 16.3. The summed E-state index contributed by atoms with van der Waals surface area (Å²) in [4.78, 5) is 18.9. The molecule has 3 aliphatic carbocycles. The Balaban J connectivity index is 1.29. The van der Waals surface area contributed by atoms with Crippen molar-refractivity contribution in [1.29, 1.82) is 0 Å². The largest absolute Gasteiger partial charge is 0.508 e. The molecule has 0 unspecified atom stereocenters. The van der Waals surface area contributed by atoms with Crippen LogP contribution in [-0.2, 0) is 16.6 Å². The number of aromatic hydroxyl groups is 1. The molecule has 2 heterocycles. The van der Waals surface area contributed by atoms with Crippen LogP contribution < -0.4 is 9.47 Å². The third-order valence-electron chi connectivity index (χ3n) is 10.7. The van der Waals surface area contributed by atoms with Crippen LogP contribution in [0.2, 0.25) is 0 Å². The van der Waals surface area contributed by atoms with Crippen molar-refractivity contribution in [3.8, 4) is 17.2 Å². The molecule has 6 heteroatoms. The molecule has 1 amide bonds. The number of nitrogens with zero attached hydrogens (tertiary/aromatic N) is 2. The van der Waals surface area contributed by atoms with Crippen molar-refractivity contribution in [2.24, 2.45) is 17.8 Å². The minimum Gasteiger partial charge on any atom is -0.508 e. The van der Waals surface area contributed by atoms with Gasteiger partial charge in [-0.15, -0.1) is 0 Å². The number of hydrogen-bond donors (Lipinski definition) is 1. The maximum atomic E-state index is 14.0. The molecule has 2 bridgehead atoms. The summed E-state index contributed by atoms with van der Waals surface area (Å²) in [5.74, 6) is 3.49. The van der Waals surface area contributed by atoms with E-state index in [4.69, 9.17) is 9.47 Å². The van der Waals surface area contributed by atoms with E-state index in [1.807, 2.05) is 25.1 Å². The van der Waals surface area contributed by atoms with Crippen LogP contribution in [0.3, 0.4) is 0 Å². The fraction of sp³-hybridized carbons (Fsp3) is 0.583. The Kier molecular flexibility index (Phi) is 7.04. The van der Waals surface area contributed by atoms with Gasteiger partial charge in [0.1, 0.15) is 11.9 Å². The molecule has 42 heavy (non-hydrogen) atoms. The molecule has 6 nitrogen and oxygen atoms in total. The second-order valence-corrected chi connectivity index (χ2v) is 13.9. The highest BCUT2D eigenvalue weighted by Crippen LogP contribution is 2.66. The fourth-order valence-corrected chi connectivity index (χ4v) is 8.91. The number of ether oxygens (including phenoxy) is 2. The van der Waals surface area contributed by atoms with Gasteiger partial charge in [0, 0.05) is 47.8 Å². The van der Waals surface area contributed by atoms with E-state index in [1.54, 1.807) is 12.1 Å². The number of hydrogen-bond acceptors (Lipinski definition) is 5. The SMILES string of the molecule is CCOc1cc(O)c2c3c1O[C@H]1[C@@H](N(CC(C)C)C(=O)C=Cc4cccc(C)c4)CC[C@H]4[C@@H](C2)N(CC2CC2)CC[C@@]341. The second-order valence-electron chi connectivity index (χ2n) is 13.9. The molecule has 3 fully saturated rings. The zero-order valence-corrected chi connectivity index (χ0v) is 25.6. The molecule has 2 saturated carbocycles. The summed E-state index contributed by atoms with van der Waals surface area (Å²) in [7, 11) is 0. The zero-order valence-electron chi connectivity index (χ0n) is 25.6. The number of rotatable bonds is 9. The summed E-state index contributed by atoms with van der Waals surface area (Å²) in [5, 5.41) is 11.4. The maximum absolute atomic E-state index is 14.0. The zero-order chi connectivity index (χ0) is 29.2. The Labute approximate surface area is 250 Å². The molecule has 5 atom stereocenters. The van der Waals surface area contributed by atoms with E-state index in [2.05, 4.69) is 42.7 Å². The number of phenolic OH excluding ortho intramolecular Hbond substituents is 1. The minimum atomic E-state index is -0.211. The summed E-state index contributed by atoms with van der Waals surface area (Å²) in [5.41, 5.74) is 4.26. The van der Waals surface area contributed by atoms with Crippen LogP contribution in [0.15, 0.2) is 36.4 Å². The third kappa shape index (κ3) is 4.52. The second kappa shape index (κ2) is 10.6. The summed E-state index contributed by atoms with van der Waals surface area (Å²) in [6.07, 6.45) is 10.1. The Hall–Kier alpha value is -2.99. The van der Waals surface area contributed by atoms with Crippen molar-refractivity contribution in [1.82, 2.24) is 9.80 Å². The van der Waals surface area contributed by atoms with Crippen LogP contribution in [0, 0.1) is 24.7 Å². The first kappa shape index (κ1) is 27.8. The molecule has 5 aliphatic rings. The van der Waals surface area contributed by atoms with E-state index in [0.29, 0.717) is 42.5 Å². The number of amides is 1. The molecule has 2 aromatic rings. The predicted molar refractivity (Wildman–Crippen MR) is 165 cm³/mol. The summed E-state index contributed by atoms with van der Waals surface area (Å²) in [6.45, 7) is 11.9. The highest BCUT2D eigenvalue weighted by molar-refractivity contribution is 5.92. The van der Waals surface area contributed by atoms with Crippen molar-refractivity contribution >= 4 is 12.0 Å². The lowest BCUT2D eigenvalue weighted by Gasteiger charge is -2.60. The molecule has 2 aromatic carbocycles. The molecule has 1 spiro atoms. The van der Waals surface area contributed by atoms with Crippen molar-refractivity contribution in [3.63, 3.8) is 0 Å². The molecular weight excluding hydrogens is 524 g/mol. The average Bonchev–Trinajstić information content (AvgIpc) is 3.71. The summed E-state index contributed by atoms with van der Waals surface area (Å²) < 4.78 is 13.2. The van der Waals surface area contributed by atoms with Gasteiger partial charge in [-0.05, 0) is 88.3 Å². The van der Waals surface area contributed by atoms with Crippen molar-refractivity contribution in [3.05, 3.63) is 58.7 Å². The number of benzene rings is 2. The molecule has 224 valence electrons. The summed E-state index contributed by atoms with van der Waals surface area (Å²) >= 11 is 0. The molecule has 7 rings (SSSR count). The highest BCUT2D eigenvalue weighted by atomic mass is 16.5. The molecule has 0 aromatic heterocycles. The van der Waals surface area contributed by atoms with E-state index in [9.17, 15) is 9.90 Å². The van der Waals surface area contributed by atoms with Gasteiger partial charge in [0.15, 0.2) is 11.5 Å². The van der Waals surface area contributed by atoms with E-state index in [0.717, 1.165) is 55.0 Å². The smallest absolute Gasteiger partial charge is 0.246 e. The number of piperidine rings is 1. The molecule has 1 N–H and O–H groups in total. The van der Waals surface area contributed by atoms with E-state index >= 15 is 0 Å². The van der Waals surface area contributed by atoms with Crippen molar-refractivity contribution in [2.45, 2.75) is 89.8 Å². The van der Waals surface area contributed by atoms with Crippen LogP contribution in [-0.4, -0.2) is 65.2 Å². The van der Waals surface area contributed by atoms with Gasteiger partial charge in [0.25, 0.3) is 0 Å². The van der Waals surface area contributed by atoms with Crippen LogP contribution in [0.1, 0.15) is 75.1 Å². The monoisotopic (exact) mass is 570 g/mol. The van der Waals surface area contributed by atoms with Gasteiger partial charge >= 0.3 is 0 Å². The summed E-state index contributed by atoms with van der Waals surface area (Å²) in [6, 6.07) is 10.4. The normalized spacial score (nSPS) is 29.5. The quantitative estimate of drug-likeness (QED) is 0.369. The Morgan fingerprint density at radius 3 is 2.81 bits per heavy atom. The molecule has 2 aliphatic heterocycles. The van der Waals surface area contributed by atoms with E-state index in [1.165, 1.54) is 30.5 Å². The number of aryl methyl sites for hydroxylation is 1. The molecule has 1 saturated heterocycles. The highest BCUT2D eigenvalue weighted by Gasteiger charge is 2.67. The van der Waals surface area contributed by atoms with Crippen molar-refractivity contribution < 1.29 is 19.4 Å². The number of likely N-dealkylation sites (tertiary alicyclic amines) is 1. The first-order chi connectivity index (χ1) is 20.3. The van der Waals surface area contributed by atoms with E-state index < -0.39 is 0 Å². The van der Waals surface area contributed by atoms with Gasteiger partial charge in [0.2, 0.25) is 5.91 Å². The predicted octanol–water partition coefficient (Wildman–Crippen LogP) is 6.12. The van der Waals surface area contributed by atoms with Gasteiger partial charge in [-0.2, -0.15) is 0 Å². The van der Waals surface area contributed by atoms with Crippen LogP contribution in [0.5, 0.6) is 17.2 Å². The van der Waals surface area contributed by atoms with Gasteiger partial charge < -0.3 is 19.5 Å². The maximum Gasteiger partial charge on any atom is 0.246 e. The topological polar surface area (TPSA) is 62.2 Å². The number of carbonyl (C=O) groups is 1. The lowest BCUT2D eigenvalue weighted by molar-refractivity contribution is -0.138. The van der Waals surface area contributed by atoms with Crippen LogP contribution in [0.4, 0.5) is 0 Å².